The summed E-state index contributed by atoms with van der Waals surface area (Å²) in [5.74, 6) is -2.37. The molecule has 0 aliphatic carbocycles. The van der Waals surface area contributed by atoms with E-state index in [0.717, 1.165) is 40.2 Å². The number of nitrogens with zero attached hydrogens (tertiary/aromatic N) is 1. The van der Waals surface area contributed by atoms with E-state index in [1.54, 1.807) is 36.4 Å². The first kappa shape index (κ1) is 28.8. The van der Waals surface area contributed by atoms with Crippen LogP contribution in [0.15, 0.2) is 77.7 Å². The molecule has 0 bridgehead atoms. The number of thiophene rings is 1. The lowest BCUT2D eigenvalue weighted by Crippen LogP contribution is -2.33. The Hall–Kier alpha value is -4.22. The summed E-state index contributed by atoms with van der Waals surface area (Å²) in [7, 11) is 0. The molecule has 4 rings (SSSR count). The van der Waals surface area contributed by atoms with E-state index in [-0.39, 0.29) is 23.5 Å². The summed E-state index contributed by atoms with van der Waals surface area (Å²) >= 11 is 7.04. The van der Waals surface area contributed by atoms with Gasteiger partial charge in [-0.1, -0.05) is 23.7 Å². The number of carboxylic acid groups (broad SMARTS) is 1. The molecule has 0 saturated heterocycles. The highest BCUT2D eigenvalue weighted by atomic mass is 35.5. The summed E-state index contributed by atoms with van der Waals surface area (Å²) in [6.07, 6.45) is -3.35. The molecule has 2 aromatic heterocycles. The Morgan fingerprint density at radius 2 is 1.68 bits per heavy atom. The zero-order valence-corrected chi connectivity index (χ0v) is 22.2. The lowest BCUT2D eigenvalue weighted by molar-refractivity contribution is -0.141. The minimum atomic E-state index is -4.59. The summed E-state index contributed by atoms with van der Waals surface area (Å²) < 4.78 is 39.7. The minimum Gasteiger partial charge on any atom is -0.480 e. The average molecular weight is 589 g/mol. The number of carbonyl (C=O) groups excluding carboxylic acids is 2. The smallest absolute Gasteiger partial charge is 0.416 e. The van der Waals surface area contributed by atoms with Gasteiger partial charge in [0, 0.05) is 33.6 Å². The van der Waals surface area contributed by atoms with Gasteiger partial charge in [-0.15, -0.1) is 11.3 Å². The molecule has 12 heteroatoms. The van der Waals surface area contributed by atoms with Gasteiger partial charge < -0.3 is 10.4 Å². The van der Waals surface area contributed by atoms with Crippen molar-refractivity contribution in [3.8, 4) is 10.4 Å². The van der Waals surface area contributed by atoms with Crippen LogP contribution in [0.1, 0.15) is 44.1 Å². The Balaban J connectivity index is 1.78. The number of benzene rings is 2. The van der Waals surface area contributed by atoms with Crippen molar-refractivity contribution in [2.24, 2.45) is 0 Å². The Morgan fingerprint density at radius 3 is 2.23 bits per heavy atom. The van der Waals surface area contributed by atoms with Crippen LogP contribution in [0.25, 0.3) is 10.4 Å². The van der Waals surface area contributed by atoms with Gasteiger partial charge in [0.2, 0.25) is 0 Å². The van der Waals surface area contributed by atoms with Gasteiger partial charge in [0.15, 0.2) is 5.78 Å². The molecule has 0 saturated carbocycles. The van der Waals surface area contributed by atoms with Gasteiger partial charge in [0.1, 0.15) is 11.7 Å². The zero-order valence-electron chi connectivity index (χ0n) is 20.7. The number of nitrogens with one attached hydrogen (secondary N) is 1. The van der Waals surface area contributed by atoms with Gasteiger partial charge in [-0.25, -0.2) is 4.79 Å². The first-order valence-corrected chi connectivity index (χ1v) is 12.9. The highest BCUT2D eigenvalue weighted by Gasteiger charge is 2.30. The molecule has 4 aromatic rings. The number of carboxylic acids is 1. The van der Waals surface area contributed by atoms with E-state index in [2.05, 4.69) is 5.32 Å². The van der Waals surface area contributed by atoms with Crippen molar-refractivity contribution >= 4 is 46.3 Å². The Morgan fingerprint density at radius 1 is 1.02 bits per heavy atom. The molecule has 40 heavy (non-hydrogen) atoms. The Labute approximate surface area is 234 Å². The van der Waals surface area contributed by atoms with Crippen molar-refractivity contribution < 1.29 is 32.7 Å². The third-order valence-corrected chi connectivity index (χ3v) is 7.45. The second-order valence-corrected chi connectivity index (χ2v) is 10.3. The average Bonchev–Trinajstić information content (AvgIpc) is 3.40. The molecule has 0 aliphatic heterocycles. The standard InChI is InChI=1S/C28H20ClF3N2O5S/c1-15(35)23-10-11-24(40-23)18-13-21(33-25(36)17-4-6-19(7-5-17)28(30,31)32)26(37)34(14-18)22(27(38)39)12-16-2-8-20(29)9-3-16/h2-11,13-14,22H,12H2,1H3,(H,33,36)(H,38,39). The van der Waals surface area contributed by atoms with Crippen LogP contribution in [0, 0.1) is 0 Å². The largest absolute Gasteiger partial charge is 0.480 e. The predicted octanol–water partition coefficient (Wildman–Crippen LogP) is 6.57. The molecular formula is C28H20ClF3N2O5S. The van der Waals surface area contributed by atoms with Crippen molar-refractivity contribution in [3.63, 3.8) is 0 Å². The molecule has 1 amide bonds. The molecule has 0 aliphatic rings. The number of hydrogen-bond donors (Lipinski definition) is 2. The molecular weight excluding hydrogens is 569 g/mol. The van der Waals surface area contributed by atoms with Crippen LogP contribution >= 0.6 is 22.9 Å². The van der Waals surface area contributed by atoms with Gasteiger partial charge in [-0.05, 0) is 67.1 Å². The molecule has 2 heterocycles. The van der Waals surface area contributed by atoms with Gasteiger partial charge in [0.25, 0.3) is 11.5 Å². The summed E-state index contributed by atoms with van der Waals surface area (Å²) in [6, 6.07) is 13.0. The molecule has 2 N–H and O–H groups in total. The summed E-state index contributed by atoms with van der Waals surface area (Å²) in [4.78, 5) is 51.5. The third-order valence-electron chi connectivity index (χ3n) is 5.97. The Kier molecular flexibility index (Phi) is 8.26. The van der Waals surface area contributed by atoms with Crippen LogP contribution in [0.5, 0.6) is 0 Å². The molecule has 1 unspecified atom stereocenters. The number of aliphatic carboxylic acids is 1. The highest BCUT2D eigenvalue weighted by molar-refractivity contribution is 7.17. The number of anilines is 1. The maximum absolute atomic E-state index is 13.5. The molecule has 0 radical (unpaired) electrons. The maximum atomic E-state index is 13.5. The van der Waals surface area contributed by atoms with E-state index >= 15 is 0 Å². The summed E-state index contributed by atoms with van der Waals surface area (Å²) in [5.41, 5.74) is -1.29. The summed E-state index contributed by atoms with van der Waals surface area (Å²) in [5, 5.41) is 12.9. The fourth-order valence-electron chi connectivity index (χ4n) is 3.89. The number of amides is 1. The predicted molar refractivity (Wildman–Crippen MR) is 145 cm³/mol. The normalized spacial score (nSPS) is 12.1. The van der Waals surface area contributed by atoms with Crippen LogP contribution in [0.2, 0.25) is 5.02 Å². The van der Waals surface area contributed by atoms with Gasteiger partial charge in [-0.3, -0.25) is 19.0 Å². The fourth-order valence-corrected chi connectivity index (χ4v) is 4.90. The van der Waals surface area contributed by atoms with E-state index in [1.165, 1.54) is 19.2 Å². The number of carbonyl (C=O) groups is 3. The SMILES string of the molecule is CC(=O)c1ccc(-c2cc(NC(=O)c3ccc(C(F)(F)F)cc3)c(=O)n(C(Cc3ccc(Cl)cc3)C(=O)O)c2)s1. The number of halogens is 4. The third kappa shape index (κ3) is 6.49. The molecule has 2 aromatic carbocycles. The van der Waals surface area contributed by atoms with Gasteiger partial charge >= 0.3 is 12.1 Å². The quantitative estimate of drug-likeness (QED) is 0.226. The first-order chi connectivity index (χ1) is 18.8. The van der Waals surface area contributed by atoms with Crippen LogP contribution < -0.4 is 10.9 Å². The number of hydrogen-bond acceptors (Lipinski definition) is 5. The van der Waals surface area contributed by atoms with Gasteiger partial charge in [0.05, 0.1) is 10.4 Å². The first-order valence-electron chi connectivity index (χ1n) is 11.7. The van der Waals surface area contributed by atoms with E-state index in [1.807, 2.05) is 0 Å². The second-order valence-electron chi connectivity index (χ2n) is 8.79. The number of Topliss-reactive ketones (excluding diaryl/α,β-unsaturated/α-hetero) is 1. The molecule has 206 valence electrons. The maximum Gasteiger partial charge on any atom is 0.416 e. The number of aromatic nitrogens is 1. The van der Waals surface area contributed by atoms with Crippen molar-refractivity contribution in [1.82, 2.24) is 4.57 Å². The van der Waals surface area contributed by atoms with E-state index in [0.29, 0.717) is 25.9 Å². The van der Waals surface area contributed by atoms with E-state index in [4.69, 9.17) is 11.6 Å². The van der Waals surface area contributed by atoms with Crippen LogP contribution in [0.4, 0.5) is 18.9 Å². The number of alkyl halides is 3. The zero-order chi connectivity index (χ0) is 29.2. The molecule has 0 fully saturated rings. The molecule has 7 nitrogen and oxygen atoms in total. The van der Waals surface area contributed by atoms with E-state index in [9.17, 15) is 37.5 Å². The van der Waals surface area contributed by atoms with Crippen molar-refractivity contribution in [2.45, 2.75) is 25.6 Å². The van der Waals surface area contributed by atoms with Crippen LogP contribution in [-0.2, 0) is 17.4 Å². The minimum absolute atomic E-state index is 0.0920. The van der Waals surface area contributed by atoms with Crippen molar-refractivity contribution in [3.05, 3.63) is 110 Å². The topological polar surface area (TPSA) is 105 Å². The number of rotatable bonds is 8. The lowest BCUT2D eigenvalue weighted by Gasteiger charge is -2.19. The molecule has 0 spiro atoms. The van der Waals surface area contributed by atoms with Crippen LogP contribution in [0.3, 0.4) is 0 Å². The number of pyridine rings is 1. The number of ketones is 1. The Bertz CT molecular complexity index is 1640. The van der Waals surface area contributed by atoms with Crippen molar-refractivity contribution in [1.29, 1.82) is 0 Å². The monoisotopic (exact) mass is 588 g/mol. The van der Waals surface area contributed by atoms with Gasteiger partial charge in [-0.2, -0.15) is 13.2 Å². The van der Waals surface area contributed by atoms with E-state index < -0.39 is 35.2 Å². The second kappa shape index (κ2) is 11.5. The fraction of sp³-hybridized carbons (Fsp3) is 0.143. The van der Waals surface area contributed by atoms with Crippen molar-refractivity contribution in [2.75, 3.05) is 5.32 Å². The lowest BCUT2D eigenvalue weighted by atomic mass is 10.0. The highest BCUT2D eigenvalue weighted by Crippen LogP contribution is 2.31. The van der Waals surface area contributed by atoms with Crippen LogP contribution in [-0.4, -0.2) is 27.3 Å². The molecule has 1 atom stereocenters. The summed E-state index contributed by atoms with van der Waals surface area (Å²) in [6.45, 7) is 1.39.